The van der Waals surface area contributed by atoms with Gasteiger partial charge >= 0.3 is 6.18 Å². The number of piperazine rings is 1. The van der Waals surface area contributed by atoms with Gasteiger partial charge in [-0.1, -0.05) is 12.1 Å². The summed E-state index contributed by atoms with van der Waals surface area (Å²) in [5, 5.41) is 2.31. The number of nitrogens with zero attached hydrogens (tertiary/aromatic N) is 2. The quantitative estimate of drug-likeness (QED) is 0.368. The highest BCUT2D eigenvalue weighted by atomic mass is 32.2. The van der Waals surface area contributed by atoms with Crippen LogP contribution >= 0.6 is 11.9 Å². The Balaban J connectivity index is 1.16. The van der Waals surface area contributed by atoms with Gasteiger partial charge in [-0.15, -0.1) is 0 Å². The molecular weight excluding hydrogens is 473 g/mol. The zero-order valence-electron chi connectivity index (χ0n) is 19.3. The molecule has 4 nitrogen and oxygen atoms in total. The van der Waals surface area contributed by atoms with Gasteiger partial charge in [0, 0.05) is 36.6 Å². The molecule has 5 rings (SSSR count). The lowest BCUT2D eigenvalue weighted by molar-refractivity contribution is -0.137. The number of carbonyl (C=O) groups excluding carboxylic acids is 1. The molecule has 2 fully saturated rings. The molecular formula is C27H27F3N2O2S. The minimum Gasteiger partial charge on any atom is -0.490 e. The average molecular weight is 501 g/mol. The Labute approximate surface area is 207 Å². The van der Waals surface area contributed by atoms with E-state index in [0.717, 1.165) is 46.4 Å². The predicted molar refractivity (Wildman–Crippen MR) is 132 cm³/mol. The Morgan fingerprint density at radius 1 is 0.857 bits per heavy atom. The summed E-state index contributed by atoms with van der Waals surface area (Å²) < 4.78 is 46.6. The molecule has 3 aromatic rings. The largest absolute Gasteiger partial charge is 0.490 e. The van der Waals surface area contributed by atoms with Crippen LogP contribution in [0.3, 0.4) is 0 Å². The lowest BCUT2D eigenvalue weighted by Gasteiger charge is -2.34. The molecule has 1 aliphatic heterocycles. The van der Waals surface area contributed by atoms with Crippen LogP contribution in [0, 0.1) is 0 Å². The number of amides is 1. The predicted octanol–water partition coefficient (Wildman–Crippen LogP) is 6.65. The second-order valence-corrected chi connectivity index (χ2v) is 10.3. The minimum atomic E-state index is -4.40. The van der Waals surface area contributed by atoms with Crippen LogP contribution in [0.15, 0.2) is 65.6 Å². The molecule has 1 heterocycles. The van der Waals surface area contributed by atoms with Crippen molar-refractivity contribution in [3.05, 3.63) is 71.8 Å². The van der Waals surface area contributed by atoms with Crippen LogP contribution < -0.4 is 4.74 Å². The van der Waals surface area contributed by atoms with Crippen LogP contribution in [0.2, 0.25) is 0 Å². The normalized spacial score (nSPS) is 17.7. The van der Waals surface area contributed by atoms with Crippen LogP contribution in [-0.2, 0) is 6.18 Å². The van der Waals surface area contributed by atoms with E-state index in [0.29, 0.717) is 32.3 Å². The lowest BCUT2D eigenvalue weighted by atomic mass is 10.1. The van der Waals surface area contributed by atoms with Crippen molar-refractivity contribution in [3.63, 3.8) is 0 Å². The van der Waals surface area contributed by atoms with E-state index in [1.807, 2.05) is 6.07 Å². The lowest BCUT2D eigenvalue weighted by Crippen LogP contribution is -2.46. The number of hydrogen-bond donors (Lipinski definition) is 0. The zero-order valence-corrected chi connectivity index (χ0v) is 20.1. The second-order valence-electron chi connectivity index (χ2n) is 9.08. The highest BCUT2D eigenvalue weighted by Gasteiger charge is 2.31. The van der Waals surface area contributed by atoms with E-state index >= 15 is 0 Å². The summed E-state index contributed by atoms with van der Waals surface area (Å²) in [6.45, 7) is 2.43. The molecule has 0 bridgehead atoms. The van der Waals surface area contributed by atoms with Gasteiger partial charge < -0.3 is 9.64 Å². The van der Waals surface area contributed by atoms with Gasteiger partial charge in [-0.2, -0.15) is 13.2 Å². The van der Waals surface area contributed by atoms with Gasteiger partial charge in [-0.25, -0.2) is 4.31 Å². The molecule has 0 atom stereocenters. The van der Waals surface area contributed by atoms with Gasteiger partial charge in [-0.3, -0.25) is 4.79 Å². The molecule has 1 saturated heterocycles. The number of hydrogen-bond acceptors (Lipinski definition) is 4. The summed E-state index contributed by atoms with van der Waals surface area (Å²) in [5.74, 6) is 0.698. The Bertz CT molecular complexity index is 1190. The van der Waals surface area contributed by atoms with E-state index in [1.165, 1.54) is 25.0 Å². The fraction of sp³-hybridized carbons (Fsp3) is 0.370. The van der Waals surface area contributed by atoms with Crippen LogP contribution in [0.4, 0.5) is 13.2 Å². The highest BCUT2D eigenvalue weighted by Crippen LogP contribution is 2.32. The van der Waals surface area contributed by atoms with Gasteiger partial charge in [-0.05, 0) is 96.9 Å². The molecule has 0 N–H and O–H groups in total. The molecule has 1 saturated carbocycles. The van der Waals surface area contributed by atoms with Gasteiger partial charge in [0.1, 0.15) is 5.75 Å². The summed E-state index contributed by atoms with van der Waals surface area (Å²) in [4.78, 5) is 15.5. The molecule has 0 radical (unpaired) electrons. The van der Waals surface area contributed by atoms with E-state index in [2.05, 4.69) is 34.6 Å². The fourth-order valence-electron chi connectivity index (χ4n) is 4.65. The van der Waals surface area contributed by atoms with Crippen molar-refractivity contribution < 1.29 is 22.7 Å². The molecule has 184 valence electrons. The molecule has 0 unspecified atom stereocenters. The fourth-order valence-corrected chi connectivity index (χ4v) is 5.60. The van der Waals surface area contributed by atoms with Crippen molar-refractivity contribution in [2.24, 2.45) is 0 Å². The maximum atomic E-state index is 12.8. The van der Waals surface area contributed by atoms with Gasteiger partial charge in [0.25, 0.3) is 5.91 Å². The van der Waals surface area contributed by atoms with E-state index < -0.39 is 11.7 Å². The first-order chi connectivity index (χ1) is 16.8. The Morgan fingerprint density at radius 3 is 2.20 bits per heavy atom. The summed E-state index contributed by atoms with van der Waals surface area (Å²) in [7, 11) is 0. The van der Waals surface area contributed by atoms with Gasteiger partial charge in [0.15, 0.2) is 0 Å². The van der Waals surface area contributed by atoms with Crippen molar-refractivity contribution in [3.8, 4) is 5.75 Å². The first-order valence-electron chi connectivity index (χ1n) is 12.0. The topological polar surface area (TPSA) is 32.8 Å². The maximum Gasteiger partial charge on any atom is 0.416 e. The van der Waals surface area contributed by atoms with Crippen molar-refractivity contribution in [2.75, 3.05) is 26.2 Å². The monoisotopic (exact) mass is 500 g/mol. The summed E-state index contributed by atoms with van der Waals surface area (Å²) in [6.07, 6.45) is 0.700. The molecule has 2 aliphatic rings. The highest BCUT2D eigenvalue weighted by molar-refractivity contribution is 7.97. The minimum absolute atomic E-state index is 0.232. The zero-order chi connectivity index (χ0) is 24.4. The molecule has 8 heteroatoms. The number of fused-ring (bicyclic) bond motifs is 1. The molecule has 1 aliphatic carbocycles. The molecule has 3 aromatic carbocycles. The van der Waals surface area contributed by atoms with E-state index in [9.17, 15) is 18.0 Å². The summed E-state index contributed by atoms with van der Waals surface area (Å²) >= 11 is 1.66. The van der Waals surface area contributed by atoms with Crippen molar-refractivity contribution in [1.29, 1.82) is 0 Å². The maximum absolute atomic E-state index is 12.8. The SMILES string of the molecule is O=C(c1ccc(C(F)(F)F)cc1)N1CCN(Sc2ccc3cc(OC4CCCC4)ccc3c2)CC1. The van der Waals surface area contributed by atoms with Crippen molar-refractivity contribution in [1.82, 2.24) is 9.21 Å². The smallest absolute Gasteiger partial charge is 0.416 e. The van der Waals surface area contributed by atoms with Crippen LogP contribution in [-0.4, -0.2) is 47.4 Å². The number of alkyl halides is 3. The van der Waals surface area contributed by atoms with E-state index in [4.69, 9.17) is 4.74 Å². The average Bonchev–Trinajstić information content (AvgIpc) is 3.37. The molecule has 0 spiro atoms. The van der Waals surface area contributed by atoms with Crippen molar-refractivity contribution in [2.45, 2.75) is 42.9 Å². The first-order valence-corrected chi connectivity index (χ1v) is 12.7. The second kappa shape index (κ2) is 10.1. The molecule has 1 amide bonds. The Morgan fingerprint density at radius 2 is 1.51 bits per heavy atom. The molecule has 35 heavy (non-hydrogen) atoms. The van der Waals surface area contributed by atoms with Crippen LogP contribution in [0.25, 0.3) is 10.8 Å². The molecule has 0 aromatic heterocycles. The Kier molecular flexibility index (Phi) is 6.93. The summed E-state index contributed by atoms with van der Waals surface area (Å²) in [5.41, 5.74) is -0.465. The third kappa shape index (κ3) is 5.76. The number of halogens is 3. The van der Waals surface area contributed by atoms with Crippen LogP contribution in [0.5, 0.6) is 5.75 Å². The number of rotatable bonds is 5. The number of carbonyl (C=O) groups is 1. The van der Waals surface area contributed by atoms with E-state index in [-0.39, 0.29) is 11.5 Å². The van der Waals surface area contributed by atoms with Gasteiger partial charge in [0.05, 0.1) is 11.7 Å². The standard InChI is InChI=1S/C27H27F3N2O2S/c28-27(29,30)22-9-5-19(6-10-22)26(33)31-13-15-32(16-14-31)35-25-12-8-20-17-24(11-7-21(20)18-25)34-23-3-1-2-4-23/h5-12,17-18,23H,1-4,13-16H2. The van der Waals surface area contributed by atoms with E-state index in [1.54, 1.807) is 16.8 Å². The number of benzene rings is 3. The third-order valence-electron chi connectivity index (χ3n) is 6.61. The Hall–Kier alpha value is -2.71. The van der Waals surface area contributed by atoms with Crippen LogP contribution in [0.1, 0.15) is 41.6 Å². The van der Waals surface area contributed by atoms with Crippen molar-refractivity contribution >= 4 is 28.6 Å². The third-order valence-corrected chi connectivity index (χ3v) is 7.70. The number of ether oxygens (including phenoxy) is 1. The first kappa shape index (κ1) is 24.0. The van der Waals surface area contributed by atoms with Gasteiger partial charge in [0.2, 0.25) is 0 Å². The summed E-state index contributed by atoms with van der Waals surface area (Å²) in [6, 6.07) is 17.1.